The second-order valence-corrected chi connectivity index (χ2v) is 3.50. The highest BCUT2D eigenvalue weighted by atomic mass is 16.6. The van der Waals surface area contributed by atoms with Gasteiger partial charge in [-0.1, -0.05) is 0 Å². The molecule has 0 spiro atoms. The molecule has 2 rings (SSSR count). The van der Waals surface area contributed by atoms with E-state index < -0.39 is 11.0 Å². The van der Waals surface area contributed by atoms with Crippen LogP contribution in [0.1, 0.15) is 25.3 Å². The average Bonchev–Trinajstić information content (AvgIpc) is 2.71. The summed E-state index contributed by atoms with van der Waals surface area (Å²) in [4.78, 5) is 9.92. The molecule has 1 aromatic heterocycles. The van der Waals surface area contributed by atoms with Crippen LogP contribution in [0.2, 0.25) is 0 Å². The maximum Gasteiger partial charge on any atom is 0.307 e. The second-order valence-electron chi connectivity index (χ2n) is 3.50. The summed E-state index contributed by atoms with van der Waals surface area (Å²) in [6, 6.07) is -0.0938. The van der Waals surface area contributed by atoms with Gasteiger partial charge >= 0.3 is 5.69 Å². The molecule has 0 bridgehead atoms. The van der Waals surface area contributed by atoms with E-state index in [0.717, 1.165) is 19.3 Å². The summed E-state index contributed by atoms with van der Waals surface area (Å²) >= 11 is 0. The van der Waals surface area contributed by atoms with Crippen LogP contribution >= 0.6 is 0 Å². The van der Waals surface area contributed by atoms with E-state index in [1.54, 1.807) is 0 Å². The molecule has 1 N–H and O–H groups in total. The second kappa shape index (κ2) is 3.38. The first kappa shape index (κ1) is 9.14. The van der Waals surface area contributed by atoms with Gasteiger partial charge < -0.3 is 5.11 Å². The first-order valence-corrected chi connectivity index (χ1v) is 4.55. The van der Waals surface area contributed by atoms with Gasteiger partial charge in [0.15, 0.2) is 0 Å². The molecule has 0 saturated heterocycles. The van der Waals surface area contributed by atoms with E-state index in [9.17, 15) is 15.2 Å². The Labute approximate surface area is 80.3 Å². The van der Waals surface area contributed by atoms with Gasteiger partial charge in [0.05, 0.1) is 17.1 Å². The fourth-order valence-corrected chi connectivity index (χ4v) is 1.83. The van der Waals surface area contributed by atoms with Gasteiger partial charge in [-0.2, -0.15) is 5.10 Å². The largest absolute Gasteiger partial charge is 0.391 e. The Morgan fingerprint density at radius 1 is 1.64 bits per heavy atom. The minimum Gasteiger partial charge on any atom is -0.391 e. The number of nitrogens with zero attached hydrogens (tertiary/aromatic N) is 3. The zero-order valence-electron chi connectivity index (χ0n) is 7.54. The van der Waals surface area contributed by atoms with Gasteiger partial charge in [0.2, 0.25) is 0 Å². The molecule has 1 aromatic rings. The summed E-state index contributed by atoms with van der Waals surface area (Å²) in [5, 5.41) is 23.8. The van der Waals surface area contributed by atoms with Crippen LogP contribution in [0.5, 0.6) is 0 Å². The summed E-state index contributed by atoms with van der Waals surface area (Å²) < 4.78 is 1.50. The number of hydrogen-bond acceptors (Lipinski definition) is 4. The Hall–Kier alpha value is -1.43. The molecule has 0 amide bonds. The smallest absolute Gasteiger partial charge is 0.307 e. The molecule has 14 heavy (non-hydrogen) atoms. The molecule has 1 fully saturated rings. The van der Waals surface area contributed by atoms with Crippen molar-refractivity contribution in [2.75, 3.05) is 0 Å². The molecular weight excluding hydrogens is 186 g/mol. The summed E-state index contributed by atoms with van der Waals surface area (Å²) in [7, 11) is 0. The van der Waals surface area contributed by atoms with E-state index in [4.69, 9.17) is 0 Å². The normalized spacial score (nSPS) is 26.6. The SMILES string of the molecule is O=[N+]([O-])c1cnn([C@@H]2CCC[C@H]2O)c1. The standard InChI is InChI=1S/C8H11N3O3/c12-8-3-1-2-7(8)10-5-6(4-9-10)11(13)14/h4-5,7-8,12H,1-3H2/t7-,8-/m1/s1. The molecular formula is C8H11N3O3. The van der Waals surface area contributed by atoms with Crippen LogP contribution in [0, 0.1) is 10.1 Å². The predicted molar refractivity (Wildman–Crippen MR) is 47.8 cm³/mol. The van der Waals surface area contributed by atoms with Gasteiger partial charge in [0.1, 0.15) is 12.4 Å². The van der Waals surface area contributed by atoms with Crippen LogP contribution in [0.15, 0.2) is 12.4 Å². The fourth-order valence-electron chi connectivity index (χ4n) is 1.83. The van der Waals surface area contributed by atoms with Crippen molar-refractivity contribution in [3.8, 4) is 0 Å². The Balaban J connectivity index is 2.20. The number of hydrogen-bond donors (Lipinski definition) is 1. The molecule has 2 atom stereocenters. The van der Waals surface area contributed by atoms with Crippen molar-refractivity contribution in [2.24, 2.45) is 0 Å². The molecule has 1 aliphatic carbocycles. The van der Waals surface area contributed by atoms with Gasteiger partial charge in [0, 0.05) is 0 Å². The number of rotatable bonds is 2. The quantitative estimate of drug-likeness (QED) is 0.563. The fraction of sp³-hybridized carbons (Fsp3) is 0.625. The van der Waals surface area contributed by atoms with E-state index in [0.29, 0.717) is 0 Å². The summed E-state index contributed by atoms with van der Waals surface area (Å²) in [6.45, 7) is 0. The van der Waals surface area contributed by atoms with E-state index in [2.05, 4.69) is 5.10 Å². The first-order chi connectivity index (χ1) is 6.68. The van der Waals surface area contributed by atoms with Gasteiger partial charge in [0.25, 0.3) is 0 Å². The van der Waals surface area contributed by atoms with Crippen molar-refractivity contribution in [1.29, 1.82) is 0 Å². The number of aliphatic hydroxyl groups excluding tert-OH is 1. The van der Waals surface area contributed by atoms with E-state index in [-0.39, 0.29) is 11.7 Å². The van der Waals surface area contributed by atoms with Crippen molar-refractivity contribution in [3.63, 3.8) is 0 Å². The monoisotopic (exact) mass is 197 g/mol. The lowest BCUT2D eigenvalue weighted by Crippen LogP contribution is -2.18. The molecule has 0 unspecified atom stereocenters. The zero-order valence-corrected chi connectivity index (χ0v) is 7.54. The van der Waals surface area contributed by atoms with Crippen molar-refractivity contribution >= 4 is 5.69 Å². The van der Waals surface area contributed by atoms with Crippen molar-refractivity contribution in [2.45, 2.75) is 31.4 Å². The van der Waals surface area contributed by atoms with E-state index in [1.165, 1.54) is 17.1 Å². The van der Waals surface area contributed by atoms with Crippen LogP contribution < -0.4 is 0 Å². The molecule has 0 aliphatic heterocycles. The first-order valence-electron chi connectivity index (χ1n) is 4.55. The maximum absolute atomic E-state index is 10.4. The molecule has 0 aromatic carbocycles. The lowest BCUT2D eigenvalue weighted by Gasteiger charge is -2.13. The number of aromatic nitrogens is 2. The Morgan fingerprint density at radius 2 is 2.43 bits per heavy atom. The van der Waals surface area contributed by atoms with Crippen LogP contribution in [0.25, 0.3) is 0 Å². The molecule has 0 radical (unpaired) electrons. The van der Waals surface area contributed by atoms with Crippen LogP contribution in [-0.2, 0) is 0 Å². The Kier molecular flexibility index (Phi) is 2.20. The maximum atomic E-state index is 10.4. The lowest BCUT2D eigenvalue weighted by atomic mass is 10.2. The Morgan fingerprint density at radius 3 is 2.93 bits per heavy atom. The van der Waals surface area contributed by atoms with Gasteiger partial charge in [-0.05, 0) is 19.3 Å². The van der Waals surface area contributed by atoms with Crippen molar-refractivity contribution < 1.29 is 10.0 Å². The number of aliphatic hydroxyl groups is 1. The summed E-state index contributed by atoms with van der Waals surface area (Å²) in [5.41, 5.74) is -0.0240. The van der Waals surface area contributed by atoms with Crippen LogP contribution in [-0.4, -0.2) is 25.9 Å². The summed E-state index contributed by atoms with van der Waals surface area (Å²) in [6.07, 6.45) is 4.69. The minimum atomic E-state index is -0.481. The molecule has 1 heterocycles. The predicted octanol–water partition coefficient (Wildman–Crippen LogP) is 0.877. The highest BCUT2D eigenvalue weighted by molar-refractivity contribution is 5.21. The minimum absolute atomic E-state index is 0.0240. The van der Waals surface area contributed by atoms with Gasteiger partial charge in [-0.15, -0.1) is 0 Å². The van der Waals surface area contributed by atoms with Gasteiger partial charge in [-0.3, -0.25) is 14.8 Å². The third-order valence-corrected chi connectivity index (χ3v) is 2.58. The molecule has 1 saturated carbocycles. The van der Waals surface area contributed by atoms with E-state index in [1.807, 2.05) is 0 Å². The third-order valence-electron chi connectivity index (χ3n) is 2.58. The molecule has 1 aliphatic rings. The highest BCUT2D eigenvalue weighted by Gasteiger charge is 2.28. The highest BCUT2D eigenvalue weighted by Crippen LogP contribution is 2.30. The summed E-state index contributed by atoms with van der Waals surface area (Å²) in [5.74, 6) is 0. The van der Waals surface area contributed by atoms with Crippen LogP contribution in [0.3, 0.4) is 0 Å². The van der Waals surface area contributed by atoms with Gasteiger partial charge in [-0.25, -0.2) is 0 Å². The Bertz CT molecular complexity index is 349. The van der Waals surface area contributed by atoms with Crippen molar-refractivity contribution in [1.82, 2.24) is 9.78 Å². The van der Waals surface area contributed by atoms with Crippen LogP contribution in [0.4, 0.5) is 5.69 Å². The average molecular weight is 197 g/mol. The molecule has 76 valence electrons. The zero-order chi connectivity index (χ0) is 10.1. The topological polar surface area (TPSA) is 81.2 Å². The van der Waals surface area contributed by atoms with Crippen molar-refractivity contribution in [3.05, 3.63) is 22.5 Å². The third kappa shape index (κ3) is 1.48. The number of nitro groups is 1. The van der Waals surface area contributed by atoms with E-state index >= 15 is 0 Å². The lowest BCUT2D eigenvalue weighted by molar-refractivity contribution is -0.385. The molecule has 6 heteroatoms. The molecule has 6 nitrogen and oxygen atoms in total.